The number of hydrogen-bond acceptors (Lipinski definition) is 6. The molecule has 0 bridgehead atoms. The fourth-order valence-corrected chi connectivity index (χ4v) is 5.61. The van der Waals surface area contributed by atoms with Gasteiger partial charge in [-0.1, -0.05) is 24.3 Å². The van der Waals surface area contributed by atoms with Crippen molar-refractivity contribution in [3.63, 3.8) is 0 Å². The molecule has 1 heterocycles. The SMILES string of the molecule is COc1cccc(CN(CCCN2CCOCC2)S(=O)(=O)c2ccc(CCCl)cc2)c1OC. The Hall–Kier alpha value is -1.84. The smallest absolute Gasteiger partial charge is 0.243 e. The maximum Gasteiger partial charge on any atom is 0.243 e. The Balaban J connectivity index is 1.84. The largest absolute Gasteiger partial charge is 0.493 e. The molecule has 1 saturated heterocycles. The molecule has 33 heavy (non-hydrogen) atoms. The molecule has 182 valence electrons. The summed E-state index contributed by atoms with van der Waals surface area (Å²) in [4.78, 5) is 2.58. The Morgan fingerprint density at radius 3 is 2.42 bits per heavy atom. The maximum atomic E-state index is 13.6. The number of benzene rings is 2. The first-order valence-corrected chi connectivity index (χ1v) is 13.1. The first-order chi connectivity index (χ1) is 16.0. The van der Waals surface area contributed by atoms with Gasteiger partial charge >= 0.3 is 0 Å². The summed E-state index contributed by atoms with van der Waals surface area (Å²) in [6, 6.07) is 12.5. The molecule has 0 atom stereocenters. The molecule has 7 nitrogen and oxygen atoms in total. The van der Waals surface area contributed by atoms with Crippen molar-refractivity contribution in [2.45, 2.75) is 24.3 Å². The maximum absolute atomic E-state index is 13.6. The molecule has 1 aliphatic rings. The zero-order chi connectivity index (χ0) is 23.7. The van der Waals surface area contributed by atoms with Crippen LogP contribution in [0.3, 0.4) is 0 Å². The average molecular weight is 497 g/mol. The van der Waals surface area contributed by atoms with Crippen LogP contribution in [0.5, 0.6) is 11.5 Å². The van der Waals surface area contributed by atoms with E-state index >= 15 is 0 Å². The van der Waals surface area contributed by atoms with Gasteiger partial charge in [-0.05, 0) is 43.1 Å². The number of rotatable bonds is 12. The fraction of sp³-hybridized carbons (Fsp3) is 0.500. The van der Waals surface area contributed by atoms with Crippen molar-refractivity contribution in [1.29, 1.82) is 0 Å². The average Bonchev–Trinajstić information content (AvgIpc) is 2.84. The molecule has 0 unspecified atom stereocenters. The Morgan fingerprint density at radius 2 is 1.79 bits per heavy atom. The zero-order valence-electron chi connectivity index (χ0n) is 19.3. The number of nitrogens with zero attached hydrogens (tertiary/aromatic N) is 2. The van der Waals surface area contributed by atoms with Crippen LogP contribution in [0.1, 0.15) is 17.5 Å². The van der Waals surface area contributed by atoms with Gasteiger partial charge in [0.15, 0.2) is 11.5 Å². The van der Waals surface area contributed by atoms with E-state index in [-0.39, 0.29) is 11.4 Å². The van der Waals surface area contributed by atoms with Crippen molar-refractivity contribution in [2.24, 2.45) is 0 Å². The number of para-hydroxylation sites is 1. The summed E-state index contributed by atoms with van der Waals surface area (Å²) in [5, 5.41) is 0. The van der Waals surface area contributed by atoms with Gasteiger partial charge in [0.2, 0.25) is 10.0 Å². The number of alkyl halides is 1. The summed E-state index contributed by atoms with van der Waals surface area (Å²) < 4.78 is 45.2. The summed E-state index contributed by atoms with van der Waals surface area (Å²) in [5.41, 5.74) is 1.77. The molecule has 2 aromatic carbocycles. The summed E-state index contributed by atoms with van der Waals surface area (Å²) in [6.45, 7) is 4.59. The minimum atomic E-state index is -3.72. The summed E-state index contributed by atoms with van der Waals surface area (Å²) in [7, 11) is -0.584. The van der Waals surface area contributed by atoms with E-state index in [0.717, 1.165) is 50.4 Å². The second kappa shape index (κ2) is 12.6. The second-order valence-corrected chi connectivity index (χ2v) is 10.2. The van der Waals surface area contributed by atoms with Crippen LogP contribution in [0.2, 0.25) is 0 Å². The van der Waals surface area contributed by atoms with E-state index in [1.54, 1.807) is 32.4 Å². The Kier molecular flexibility index (Phi) is 9.82. The summed E-state index contributed by atoms with van der Waals surface area (Å²) in [5.74, 6) is 1.62. The normalized spacial score (nSPS) is 15.0. The van der Waals surface area contributed by atoms with Crippen molar-refractivity contribution in [3.8, 4) is 11.5 Å². The van der Waals surface area contributed by atoms with Crippen molar-refractivity contribution in [1.82, 2.24) is 9.21 Å². The Bertz CT molecular complexity index is 979. The number of halogens is 1. The minimum absolute atomic E-state index is 0.190. The van der Waals surface area contributed by atoms with E-state index < -0.39 is 10.0 Å². The highest BCUT2D eigenvalue weighted by molar-refractivity contribution is 7.89. The first-order valence-electron chi connectivity index (χ1n) is 11.1. The van der Waals surface area contributed by atoms with E-state index in [9.17, 15) is 8.42 Å². The van der Waals surface area contributed by atoms with Gasteiger partial charge in [-0.3, -0.25) is 4.90 Å². The van der Waals surface area contributed by atoms with Gasteiger partial charge in [0.1, 0.15) is 0 Å². The lowest BCUT2D eigenvalue weighted by Crippen LogP contribution is -2.39. The molecule has 1 fully saturated rings. The van der Waals surface area contributed by atoms with Gasteiger partial charge in [0.25, 0.3) is 0 Å². The van der Waals surface area contributed by atoms with Crippen LogP contribution in [-0.4, -0.2) is 77.1 Å². The van der Waals surface area contributed by atoms with Crippen molar-refractivity contribution < 1.29 is 22.6 Å². The van der Waals surface area contributed by atoms with E-state index in [4.69, 9.17) is 25.8 Å². The van der Waals surface area contributed by atoms with Crippen LogP contribution in [0.15, 0.2) is 47.4 Å². The molecular weight excluding hydrogens is 464 g/mol. The van der Waals surface area contributed by atoms with E-state index in [1.807, 2.05) is 24.3 Å². The van der Waals surface area contributed by atoms with Crippen molar-refractivity contribution in [3.05, 3.63) is 53.6 Å². The van der Waals surface area contributed by atoms with Crippen LogP contribution < -0.4 is 9.47 Å². The third-order valence-corrected chi connectivity index (χ3v) is 7.81. The van der Waals surface area contributed by atoms with Crippen LogP contribution >= 0.6 is 11.6 Å². The highest BCUT2D eigenvalue weighted by Crippen LogP contribution is 2.32. The van der Waals surface area contributed by atoms with Crippen molar-refractivity contribution >= 4 is 21.6 Å². The highest BCUT2D eigenvalue weighted by atomic mass is 35.5. The molecule has 9 heteroatoms. The van der Waals surface area contributed by atoms with Gasteiger partial charge in [0.05, 0.1) is 32.3 Å². The molecule has 2 aromatic rings. The molecule has 0 radical (unpaired) electrons. The first kappa shape index (κ1) is 25.8. The fourth-order valence-electron chi connectivity index (χ4n) is 3.93. The molecule has 3 rings (SSSR count). The van der Waals surface area contributed by atoms with Crippen LogP contribution in [0, 0.1) is 0 Å². The lowest BCUT2D eigenvalue weighted by Gasteiger charge is -2.28. The molecule has 0 amide bonds. The summed E-state index contributed by atoms with van der Waals surface area (Å²) >= 11 is 5.82. The standard InChI is InChI=1S/C24H33ClN2O5S/c1-30-23-6-3-5-21(24(23)31-2)19-27(14-4-13-26-15-17-32-18-16-26)33(28,29)22-9-7-20(8-10-22)11-12-25/h3,5-10H,4,11-19H2,1-2H3. The predicted molar refractivity (Wildman–Crippen MR) is 130 cm³/mol. The lowest BCUT2D eigenvalue weighted by atomic mass is 10.2. The van der Waals surface area contributed by atoms with E-state index in [0.29, 0.717) is 30.3 Å². The highest BCUT2D eigenvalue weighted by Gasteiger charge is 2.26. The summed E-state index contributed by atoms with van der Waals surface area (Å²) in [6.07, 6.45) is 1.42. The molecule has 0 aromatic heterocycles. The number of aryl methyl sites for hydroxylation is 1. The molecule has 0 spiro atoms. The minimum Gasteiger partial charge on any atom is -0.493 e. The van der Waals surface area contributed by atoms with Crippen LogP contribution in [0.4, 0.5) is 0 Å². The molecule has 1 aliphatic heterocycles. The predicted octanol–water partition coefficient (Wildman–Crippen LogP) is 3.40. The Morgan fingerprint density at radius 1 is 1.06 bits per heavy atom. The monoisotopic (exact) mass is 496 g/mol. The van der Waals surface area contributed by atoms with E-state index in [1.165, 1.54) is 4.31 Å². The molecule has 0 N–H and O–H groups in total. The topological polar surface area (TPSA) is 68.3 Å². The third-order valence-electron chi connectivity index (χ3n) is 5.76. The van der Waals surface area contributed by atoms with Crippen LogP contribution in [0.25, 0.3) is 0 Å². The molecule has 0 aliphatic carbocycles. The van der Waals surface area contributed by atoms with Crippen molar-refractivity contribution in [2.75, 3.05) is 59.5 Å². The Labute approximate surface area is 202 Å². The van der Waals surface area contributed by atoms with Gasteiger partial charge in [0, 0.05) is 37.6 Å². The quantitative estimate of drug-likeness (QED) is 0.419. The number of sulfonamides is 1. The number of methoxy groups -OCH3 is 2. The molecular formula is C24H33ClN2O5S. The lowest BCUT2D eigenvalue weighted by molar-refractivity contribution is 0.0368. The van der Waals surface area contributed by atoms with Crippen LogP contribution in [-0.2, 0) is 27.7 Å². The van der Waals surface area contributed by atoms with Gasteiger partial charge in [-0.25, -0.2) is 8.42 Å². The number of hydrogen-bond donors (Lipinski definition) is 0. The van der Waals surface area contributed by atoms with Gasteiger partial charge < -0.3 is 14.2 Å². The van der Waals surface area contributed by atoms with Gasteiger partial charge in [-0.2, -0.15) is 4.31 Å². The van der Waals surface area contributed by atoms with Gasteiger partial charge in [-0.15, -0.1) is 11.6 Å². The number of morpholine rings is 1. The van der Waals surface area contributed by atoms with E-state index in [2.05, 4.69) is 4.90 Å². The molecule has 0 saturated carbocycles. The third kappa shape index (κ3) is 6.83. The number of ether oxygens (including phenoxy) is 3. The zero-order valence-corrected chi connectivity index (χ0v) is 20.9. The second-order valence-electron chi connectivity index (χ2n) is 7.88.